The highest BCUT2D eigenvalue weighted by Gasteiger charge is 2.21. The summed E-state index contributed by atoms with van der Waals surface area (Å²) in [5.74, 6) is 1.43. The quantitative estimate of drug-likeness (QED) is 0.736. The van der Waals surface area contributed by atoms with E-state index in [2.05, 4.69) is 91.6 Å². The van der Waals surface area contributed by atoms with Gasteiger partial charge in [-0.3, -0.25) is 0 Å². The Hall–Kier alpha value is -2.61. The van der Waals surface area contributed by atoms with Gasteiger partial charge < -0.3 is 4.90 Å². The number of rotatable bonds is 5. The molecule has 2 aromatic carbocycles. The van der Waals surface area contributed by atoms with Gasteiger partial charge in [-0.1, -0.05) is 66.7 Å². The molecule has 1 heterocycles. The maximum atomic E-state index is 4.83. The third-order valence-corrected chi connectivity index (χ3v) is 4.67. The fraction of sp³-hybridized carbons (Fsp3) is 0.261. The Balaban J connectivity index is 1.98. The average Bonchev–Trinajstić information content (AvgIpc) is 2.87. The van der Waals surface area contributed by atoms with Gasteiger partial charge in [0.05, 0.1) is 0 Å². The molecule has 0 N–H and O–H groups in total. The molecule has 0 saturated heterocycles. The highest BCUT2D eigenvalue weighted by atomic mass is 15.2. The van der Waals surface area contributed by atoms with E-state index in [0.29, 0.717) is 0 Å². The second-order valence-corrected chi connectivity index (χ2v) is 6.26. The molecular weight excluding hydrogens is 304 g/mol. The summed E-state index contributed by atoms with van der Waals surface area (Å²) < 4.78 is 0. The Morgan fingerprint density at radius 2 is 1.52 bits per heavy atom. The molecule has 128 valence electrons. The van der Waals surface area contributed by atoms with E-state index >= 15 is 0 Å². The lowest BCUT2D eigenvalue weighted by atomic mass is 9.93. The first-order valence-electron chi connectivity index (χ1n) is 9.12. The van der Waals surface area contributed by atoms with Gasteiger partial charge in [-0.25, -0.2) is 4.99 Å². The summed E-state index contributed by atoms with van der Waals surface area (Å²) in [4.78, 5) is 7.19. The number of hydrogen-bond donors (Lipinski definition) is 0. The van der Waals surface area contributed by atoms with Crippen molar-refractivity contribution in [1.29, 1.82) is 0 Å². The molecule has 0 radical (unpaired) electrons. The van der Waals surface area contributed by atoms with Crippen molar-refractivity contribution in [3.8, 4) is 0 Å². The van der Waals surface area contributed by atoms with Crippen molar-refractivity contribution < 1.29 is 0 Å². The minimum Gasteiger partial charge on any atom is -0.360 e. The summed E-state index contributed by atoms with van der Waals surface area (Å²) in [7, 11) is 0. The zero-order valence-electron chi connectivity index (χ0n) is 15.1. The van der Waals surface area contributed by atoms with Gasteiger partial charge in [0.2, 0.25) is 0 Å². The van der Waals surface area contributed by atoms with Gasteiger partial charge in [-0.2, -0.15) is 0 Å². The first-order chi connectivity index (χ1) is 12.3. The molecule has 3 rings (SSSR count). The third kappa shape index (κ3) is 4.27. The van der Waals surface area contributed by atoms with Crippen molar-refractivity contribution in [3.63, 3.8) is 0 Å². The monoisotopic (exact) mass is 330 g/mol. The Morgan fingerprint density at radius 1 is 0.880 bits per heavy atom. The van der Waals surface area contributed by atoms with E-state index in [4.69, 9.17) is 4.99 Å². The average molecular weight is 330 g/mol. The Bertz CT molecular complexity index is 753. The SMILES string of the molecule is CCN(CC)C1=NC=CC(c2ccccc2)=C[C@H]1Cc1ccccc1. The number of benzene rings is 2. The van der Waals surface area contributed by atoms with Gasteiger partial charge in [0.1, 0.15) is 5.84 Å². The number of hydrogen-bond acceptors (Lipinski definition) is 2. The molecule has 0 fully saturated rings. The summed E-state index contributed by atoms with van der Waals surface area (Å²) in [6, 6.07) is 21.3. The van der Waals surface area contributed by atoms with Crippen molar-refractivity contribution >= 4 is 11.4 Å². The lowest BCUT2D eigenvalue weighted by Crippen LogP contribution is -2.36. The maximum Gasteiger partial charge on any atom is 0.111 e. The van der Waals surface area contributed by atoms with Crippen LogP contribution in [0.15, 0.2) is 84.0 Å². The van der Waals surface area contributed by atoms with E-state index in [1.54, 1.807) is 0 Å². The van der Waals surface area contributed by atoms with Crippen LogP contribution in [-0.2, 0) is 6.42 Å². The van der Waals surface area contributed by atoms with Crippen molar-refractivity contribution in [3.05, 3.63) is 90.1 Å². The zero-order chi connectivity index (χ0) is 17.5. The van der Waals surface area contributed by atoms with Crippen molar-refractivity contribution in [1.82, 2.24) is 4.90 Å². The topological polar surface area (TPSA) is 15.6 Å². The first-order valence-corrected chi connectivity index (χ1v) is 9.12. The van der Waals surface area contributed by atoms with Gasteiger partial charge in [0.15, 0.2) is 0 Å². The summed E-state index contributed by atoms with van der Waals surface area (Å²) in [5.41, 5.74) is 3.83. The lowest BCUT2D eigenvalue weighted by Gasteiger charge is -2.27. The van der Waals surface area contributed by atoms with Crippen molar-refractivity contribution in [2.75, 3.05) is 13.1 Å². The molecule has 1 aliphatic heterocycles. The number of nitrogens with zero attached hydrogens (tertiary/aromatic N) is 2. The normalized spacial score (nSPS) is 16.8. The second kappa shape index (κ2) is 8.48. The van der Waals surface area contributed by atoms with Crippen LogP contribution in [0.25, 0.3) is 5.57 Å². The Morgan fingerprint density at radius 3 is 2.16 bits per heavy atom. The van der Waals surface area contributed by atoms with Crippen LogP contribution in [0.4, 0.5) is 0 Å². The summed E-state index contributed by atoms with van der Waals surface area (Å²) in [6.45, 7) is 6.34. The molecule has 0 spiro atoms. The van der Waals surface area contributed by atoms with Crippen LogP contribution in [0.2, 0.25) is 0 Å². The van der Waals surface area contributed by atoms with Gasteiger partial charge in [0.25, 0.3) is 0 Å². The third-order valence-electron chi connectivity index (χ3n) is 4.67. The molecule has 0 aliphatic carbocycles. The first kappa shape index (κ1) is 17.2. The van der Waals surface area contributed by atoms with Crippen molar-refractivity contribution in [2.45, 2.75) is 20.3 Å². The highest BCUT2D eigenvalue weighted by Crippen LogP contribution is 2.25. The van der Waals surface area contributed by atoms with E-state index < -0.39 is 0 Å². The van der Waals surface area contributed by atoms with Crippen LogP contribution in [0.1, 0.15) is 25.0 Å². The molecule has 0 aromatic heterocycles. The van der Waals surface area contributed by atoms with E-state index in [-0.39, 0.29) is 5.92 Å². The molecule has 1 atom stereocenters. The van der Waals surface area contributed by atoms with E-state index in [1.807, 2.05) is 6.20 Å². The molecule has 25 heavy (non-hydrogen) atoms. The fourth-order valence-corrected chi connectivity index (χ4v) is 3.34. The van der Waals surface area contributed by atoms with E-state index in [9.17, 15) is 0 Å². The summed E-state index contributed by atoms with van der Waals surface area (Å²) >= 11 is 0. The molecule has 0 saturated carbocycles. The van der Waals surface area contributed by atoms with Crippen LogP contribution in [0.5, 0.6) is 0 Å². The fourth-order valence-electron chi connectivity index (χ4n) is 3.34. The standard InChI is InChI=1S/C23H26N2/c1-3-25(4-2)23-22(17-19-11-7-5-8-12-19)18-21(15-16-24-23)20-13-9-6-10-14-20/h5-16,18,22H,3-4,17H2,1-2H3/t22-/m1/s1. The molecule has 2 heteroatoms. The highest BCUT2D eigenvalue weighted by molar-refractivity contribution is 5.91. The largest absolute Gasteiger partial charge is 0.360 e. The number of amidine groups is 1. The van der Waals surface area contributed by atoms with Crippen LogP contribution in [0.3, 0.4) is 0 Å². The van der Waals surface area contributed by atoms with Gasteiger partial charge in [-0.05, 0) is 43.0 Å². The molecule has 0 bridgehead atoms. The van der Waals surface area contributed by atoms with Crippen LogP contribution < -0.4 is 0 Å². The molecule has 0 amide bonds. The number of aliphatic imine (C=N–C) groups is 1. The minimum atomic E-state index is 0.271. The van der Waals surface area contributed by atoms with Crippen molar-refractivity contribution in [2.24, 2.45) is 10.9 Å². The minimum absolute atomic E-state index is 0.271. The van der Waals surface area contributed by atoms with E-state index in [0.717, 1.165) is 25.3 Å². The second-order valence-electron chi connectivity index (χ2n) is 6.26. The molecule has 1 aliphatic rings. The van der Waals surface area contributed by atoms with Crippen LogP contribution in [-0.4, -0.2) is 23.8 Å². The molecule has 2 nitrogen and oxygen atoms in total. The summed E-state index contributed by atoms with van der Waals surface area (Å²) in [5, 5.41) is 0. The number of allylic oxidation sites excluding steroid dienone is 2. The van der Waals surface area contributed by atoms with Gasteiger partial charge >= 0.3 is 0 Å². The van der Waals surface area contributed by atoms with Gasteiger partial charge in [0, 0.05) is 25.2 Å². The predicted molar refractivity (Wildman–Crippen MR) is 108 cm³/mol. The maximum absolute atomic E-state index is 4.83. The van der Waals surface area contributed by atoms with Gasteiger partial charge in [-0.15, -0.1) is 0 Å². The molecule has 0 unspecified atom stereocenters. The summed E-state index contributed by atoms with van der Waals surface area (Å²) in [6.07, 6.45) is 7.43. The van der Waals surface area contributed by atoms with Crippen LogP contribution in [0, 0.1) is 5.92 Å². The smallest absolute Gasteiger partial charge is 0.111 e. The Kier molecular flexibility index (Phi) is 5.84. The molecule has 2 aromatic rings. The predicted octanol–water partition coefficient (Wildman–Crippen LogP) is 5.20. The zero-order valence-corrected chi connectivity index (χ0v) is 15.1. The Labute approximate surface area is 151 Å². The lowest BCUT2D eigenvalue weighted by molar-refractivity contribution is 0.443. The van der Waals surface area contributed by atoms with E-state index in [1.165, 1.54) is 16.7 Å². The van der Waals surface area contributed by atoms with Crippen LogP contribution >= 0.6 is 0 Å². The molecular formula is C23H26N2.